The standard InChI is InChI=1S/C14H11ClF3N5O2/c1-7-10(6-20-21-13(25)12(19)24)11(15)23(22-7)9-4-2-3-8(5-9)14(16,17)18/h2-6H,1H3,(H2,19,24)(H,21,25)/b20-6+. The molecular weight excluding hydrogens is 363 g/mol. The van der Waals surface area contributed by atoms with Crippen molar-refractivity contribution in [1.82, 2.24) is 15.2 Å². The third-order valence-electron chi connectivity index (χ3n) is 3.05. The van der Waals surface area contributed by atoms with E-state index in [2.05, 4.69) is 10.2 Å². The number of hydrogen-bond acceptors (Lipinski definition) is 4. The molecule has 1 aromatic heterocycles. The summed E-state index contributed by atoms with van der Waals surface area (Å²) in [6.45, 7) is 1.55. The third-order valence-corrected chi connectivity index (χ3v) is 3.41. The fraction of sp³-hybridized carbons (Fsp3) is 0.143. The number of amides is 2. The minimum Gasteiger partial charge on any atom is -0.361 e. The van der Waals surface area contributed by atoms with E-state index in [1.165, 1.54) is 12.1 Å². The van der Waals surface area contributed by atoms with E-state index < -0.39 is 23.6 Å². The molecule has 0 radical (unpaired) electrons. The van der Waals surface area contributed by atoms with E-state index in [-0.39, 0.29) is 16.4 Å². The van der Waals surface area contributed by atoms with Crippen molar-refractivity contribution in [2.75, 3.05) is 0 Å². The summed E-state index contributed by atoms with van der Waals surface area (Å²) in [7, 11) is 0. The maximum absolute atomic E-state index is 12.8. The van der Waals surface area contributed by atoms with Crippen LogP contribution in [0, 0.1) is 6.92 Å². The molecule has 0 aliphatic heterocycles. The van der Waals surface area contributed by atoms with Gasteiger partial charge in [-0.25, -0.2) is 10.1 Å². The van der Waals surface area contributed by atoms with Crippen molar-refractivity contribution in [3.63, 3.8) is 0 Å². The molecule has 0 fully saturated rings. The number of rotatable bonds is 3. The van der Waals surface area contributed by atoms with E-state index in [0.717, 1.165) is 23.0 Å². The van der Waals surface area contributed by atoms with Crippen LogP contribution in [0.2, 0.25) is 5.15 Å². The SMILES string of the molecule is Cc1nn(-c2cccc(C(F)(F)F)c2)c(Cl)c1/C=N/NC(=O)C(N)=O. The second-order valence-corrected chi connectivity index (χ2v) is 5.17. The van der Waals surface area contributed by atoms with Crippen LogP contribution in [0.5, 0.6) is 0 Å². The highest BCUT2D eigenvalue weighted by Gasteiger charge is 2.30. The first kappa shape index (κ1) is 18.5. The summed E-state index contributed by atoms with van der Waals surface area (Å²) in [6, 6.07) is 4.46. The fourth-order valence-electron chi connectivity index (χ4n) is 1.85. The number of primary amides is 1. The summed E-state index contributed by atoms with van der Waals surface area (Å²) in [6.07, 6.45) is -3.40. The van der Waals surface area contributed by atoms with Gasteiger partial charge in [-0.3, -0.25) is 9.59 Å². The topological polar surface area (TPSA) is 102 Å². The average molecular weight is 374 g/mol. The van der Waals surface area contributed by atoms with Gasteiger partial charge in [0, 0.05) is 0 Å². The molecule has 132 valence electrons. The molecule has 0 aliphatic rings. The van der Waals surface area contributed by atoms with Crippen LogP contribution in [-0.4, -0.2) is 27.8 Å². The van der Waals surface area contributed by atoms with E-state index in [4.69, 9.17) is 17.3 Å². The van der Waals surface area contributed by atoms with Gasteiger partial charge in [0.05, 0.1) is 28.7 Å². The molecule has 0 atom stereocenters. The number of carbonyl (C=O) groups excluding carboxylic acids is 2. The van der Waals surface area contributed by atoms with Gasteiger partial charge < -0.3 is 5.73 Å². The molecule has 1 aromatic carbocycles. The van der Waals surface area contributed by atoms with E-state index in [1.54, 1.807) is 6.92 Å². The van der Waals surface area contributed by atoms with Gasteiger partial charge in [0.15, 0.2) is 0 Å². The zero-order valence-electron chi connectivity index (χ0n) is 12.6. The summed E-state index contributed by atoms with van der Waals surface area (Å²) >= 11 is 6.13. The minimum absolute atomic E-state index is 0.0195. The molecule has 0 saturated heterocycles. The lowest BCUT2D eigenvalue weighted by atomic mass is 10.2. The molecule has 11 heteroatoms. The summed E-state index contributed by atoms with van der Waals surface area (Å²) in [5.41, 5.74) is 6.47. The van der Waals surface area contributed by atoms with Crippen LogP contribution in [0.1, 0.15) is 16.8 Å². The molecule has 0 unspecified atom stereocenters. The van der Waals surface area contributed by atoms with Crippen molar-refractivity contribution in [3.05, 3.63) is 46.2 Å². The molecular formula is C14H11ClF3N5O2. The van der Waals surface area contributed by atoms with E-state index in [9.17, 15) is 22.8 Å². The van der Waals surface area contributed by atoms with Gasteiger partial charge in [0.25, 0.3) is 0 Å². The van der Waals surface area contributed by atoms with Gasteiger partial charge >= 0.3 is 18.0 Å². The van der Waals surface area contributed by atoms with Crippen molar-refractivity contribution in [1.29, 1.82) is 0 Å². The summed E-state index contributed by atoms with van der Waals surface area (Å²) in [5, 5.41) is 7.54. The molecule has 0 bridgehead atoms. The summed E-state index contributed by atoms with van der Waals surface area (Å²) in [5.74, 6) is -2.35. The zero-order valence-corrected chi connectivity index (χ0v) is 13.4. The van der Waals surface area contributed by atoms with Crippen LogP contribution in [0.4, 0.5) is 13.2 Å². The highest BCUT2D eigenvalue weighted by molar-refractivity contribution is 6.34. The summed E-state index contributed by atoms with van der Waals surface area (Å²) < 4.78 is 39.5. The monoisotopic (exact) mass is 373 g/mol. The van der Waals surface area contributed by atoms with Crippen LogP contribution in [-0.2, 0) is 15.8 Å². The Labute approximate surface area is 144 Å². The van der Waals surface area contributed by atoms with Gasteiger partial charge in [-0.2, -0.15) is 23.4 Å². The zero-order chi connectivity index (χ0) is 18.8. The molecule has 2 aromatic rings. The minimum atomic E-state index is -4.51. The van der Waals surface area contributed by atoms with E-state index >= 15 is 0 Å². The first-order valence-electron chi connectivity index (χ1n) is 6.67. The number of alkyl halides is 3. The predicted molar refractivity (Wildman–Crippen MR) is 83.2 cm³/mol. The number of halogens is 4. The van der Waals surface area contributed by atoms with Crippen LogP contribution in [0.15, 0.2) is 29.4 Å². The van der Waals surface area contributed by atoms with E-state index in [0.29, 0.717) is 5.69 Å². The first-order valence-corrected chi connectivity index (χ1v) is 7.04. The number of nitrogens with two attached hydrogens (primary N) is 1. The van der Waals surface area contributed by atoms with Gasteiger partial charge in [0.2, 0.25) is 0 Å². The average Bonchev–Trinajstić information content (AvgIpc) is 2.82. The smallest absolute Gasteiger partial charge is 0.361 e. The lowest BCUT2D eigenvalue weighted by Gasteiger charge is -2.09. The van der Waals surface area contributed by atoms with E-state index in [1.807, 2.05) is 5.43 Å². The highest BCUT2D eigenvalue weighted by Crippen LogP contribution is 2.31. The molecule has 25 heavy (non-hydrogen) atoms. The Morgan fingerprint density at radius 3 is 2.68 bits per heavy atom. The first-order chi connectivity index (χ1) is 11.6. The molecule has 2 rings (SSSR count). The Balaban J connectivity index is 2.35. The second kappa shape index (κ2) is 6.93. The molecule has 2 amide bonds. The molecule has 0 saturated carbocycles. The van der Waals surface area contributed by atoms with Crippen molar-refractivity contribution < 1.29 is 22.8 Å². The number of hydrazone groups is 1. The fourth-order valence-corrected chi connectivity index (χ4v) is 2.17. The van der Waals surface area contributed by atoms with Gasteiger partial charge in [0.1, 0.15) is 5.15 Å². The lowest BCUT2D eigenvalue weighted by Crippen LogP contribution is -2.32. The quantitative estimate of drug-likeness (QED) is 0.487. The number of aryl methyl sites for hydroxylation is 1. The van der Waals surface area contributed by atoms with Crippen molar-refractivity contribution in [2.45, 2.75) is 13.1 Å². The van der Waals surface area contributed by atoms with Crippen molar-refractivity contribution in [2.24, 2.45) is 10.8 Å². The summed E-state index contributed by atoms with van der Waals surface area (Å²) in [4.78, 5) is 21.6. The predicted octanol–water partition coefficient (Wildman–Crippen LogP) is 1.79. The normalized spacial score (nSPS) is 11.7. The van der Waals surface area contributed by atoms with Crippen LogP contribution in [0.25, 0.3) is 5.69 Å². The lowest BCUT2D eigenvalue weighted by molar-refractivity contribution is -0.137. The third kappa shape index (κ3) is 4.15. The maximum atomic E-state index is 12.8. The van der Waals surface area contributed by atoms with Crippen LogP contribution < -0.4 is 11.2 Å². The number of nitrogens with one attached hydrogen (secondary N) is 1. The molecule has 0 spiro atoms. The maximum Gasteiger partial charge on any atom is 0.416 e. The molecule has 1 heterocycles. The molecule has 3 N–H and O–H groups in total. The van der Waals surface area contributed by atoms with Crippen molar-refractivity contribution >= 4 is 29.6 Å². The molecule has 0 aliphatic carbocycles. The van der Waals surface area contributed by atoms with Gasteiger partial charge in [-0.1, -0.05) is 17.7 Å². The van der Waals surface area contributed by atoms with Crippen molar-refractivity contribution in [3.8, 4) is 5.69 Å². The Morgan fingerprint density at radius 1 is 1.40 bits per heavy atom. The Morgan fingerprint density at radius 2 is 2.08 bits per heavy atom. The number of nitrogens with zero attached hydrogens (tertiary/aromatic N) is 3. The number of benzene rings is 1. The van der Waals surface area contributed by atoms with Crippen LogP contribution in [0.3, 0.4) is 0 Å². The van der Waals surface area contributed by atoms with Crippen LogP contribution >= 0.6 is 11.6 Å². The van der Waals surface area contributed by atoms with Gasteiger partial charge in [-0.15, -0.1) is 0 Å². The largest absolute Gasteiger partial charge is 0.416 e. The second-order valence-electron chi connectivity index (χ2n) is 4.81. The number of hydrogen-bond donors (Lipinski definition) is 2. The number of carbonyl (C=O) groups is 2. The molecule has 7 nitrogen and oxygen atoms in total. The number of aromatic nitrogens is 2. The van der Waals surface area contributed by atoms with Gasteiger partial charge in [-0.05, 0) is 25.1 Å². The highest BCUT2D eigenvalue weighted by atomic mass is 35.5. The Kier molecular flexibility index (Phi) is 5.12. The Hall–Kier alpha value is -2.88. The Bertz CT molecular complexity index is 861.